The number of hydrogen-bond acceptors (Lipinski definition) is 5. The minimum atomic E-state index is -0.965. The van der Waals surface area contributed by atoms with E-state index in [4.69, 9.17) is 14.6 Å². The van der Waals surface area contributed by atoms with E-state index in [9.17, 15) is 9.59 Å². The maximum atomic E-state index is 12.6. The maximum Gasteiger partial charge on any atom is 0.415 e. The van der Waals surface area contributed by atoms with Crippen LogP contribution in [0.5, 0.6) is 11.5 Å². The first kappa shape index (κ1) is 23.3. The lowest BCUT2D eigenvalue weighted by Gasteiger charge is -2.31. The average molecular weight is 461 g/mol. The molecule has 1 saturated heterocycles. The van der Waals surface area contributed by atoms with Crippen LogP contribution in [0.3, 0.4) is 0 Å². The standard InChI is InChI=1S/C27H28N2O5/c1-19-2-8-22(28-18-19)9-3-20-4-10-24(11-5-20)34-27(32)29-16-14-25(15-17-29)33-23-12-6-21(7-13-23)26(30)31/h2,4-8,10-13,18,25H,3,9,14-17H2,1H3,(H,30,31). The minimum Gasteiger partial charge on any atom is -0.490 e. The molecule has 7 heteroatoms. The van der Waals surface area contributed by atoms with Crippen molar-refractivity contribution in [3.8, 4) is 11.5 Å². The topological polar surface area (TPSA) is 89.0 Å². The summed E-state index contributed by atoms with van der Waals surface area (Å²) >= 11 is 0. The molecule has 1 amide bonds. The van der Waals surface area contributed by atoms with Crippen molar-refractivity contribution in [3.05, 3.63) is 89.2 Å². The number of carboxylic acids is 1. The number of piperidine rings is 1. The molecule has 0 aliphatic carbocycles. The Labute approximate surface area is 199 Å². The number of pyridine rings is 1. The Hall–Kier alpha value is -3.87. The smallest absolute Gasteiger partial charge is 0.415 e. The summed E-state index contributed by atoms with van der Waals surface area (Å²) in [6.07, 6.45) is 4.59. The summed E-state index contributed by atoms with van der Waals surface area (Å²) in [5, 5.41) is 8.98. The first-order valence-corrected chi connectivity index (χ1v) is 11.4. The van der Waals surface area contributed by atoms with Gasteiger partial charge in [0.1, 0.15) is 17.6 Å². The van der Waals surface area contributed by atoms with E-state index in [0.717, 1.165) is 29.7 Å². The van der Waals surface area contributed by atoms with Crippen molar-refractivity contribution in [2.24, 2.45) is 0 Å². The molecule has 7 nitrogen and oxygen atoms in total. The van der Waals surface area contributed by atoms with Gasteiger partial charge in [0.25, 0.3) is 0 Å². The summed E-state index contributed by atoms with van der Waals surface area (Å²) in [6.45, 7) is 3.10. The zero-order valence-corrected chi connectivity index (χ0v) is 19.1. The molecule has 0 atom stereocenters. The summed E-state index contributed by atoms with van der Waals surface area (Å²) < 4.78 is 11.5. The van der Waals surface area contributed by atoms with Gasteiger partial charge in [-0.2, -0.15) is 0 Å². The number of ether oxygens (including phenoxy) is 2. The van der Waals surface area contributed by atoms with Gasteiger partial charge in [0, 0.05) is 37.8 Å². The molecule has 1 aliphatic heterocycles. The van der Waals surface area contributed by atoms with Crippen molar-refractivity contribution in [2.75, 3.05) is 13.1 Å². The number of carbonyl (C=O) groups is 2. The van der Waals surface area contributed by atoms with Gasteiger partial charge in [-0.15, -0.1) is 0 Å². The molecule has 0 spiro atoms. The van der Waals surface area contributed by atoms with Gasteiger partial charge in [-0.1, -0.05) is 18.2 Å². The minimum absolute atomic E-state index is 0.0259. The molecular weight excluding hydrogens is 432 g/mol. The van der Waals surface area contributed by atoms with Gasteiger partial charge in [0.15, 0.2) is 0 Å². The van der Waals surface area contributed by atoms with Crippen LogP contribution in [0.2, 0.25) is 0 Å². The van der Waals surface area contributed by atoms with Crippen molar-refractivity contribution < 1.29 is 24.2 Å². The second-order valence-corrected chi connectivity index (χ2v) is 8.47. The molecule has 0 bridgehead atoms. The first-order valence-electron chi connectivity index (χ1n) is 11.4. The van der Waals surface area contributed by atoms with E-state index >= 15 is 0 Å². The highest BCUT2D eigenvalue weighted by Gasteiger charge is 2.25. The van der Waals surface area contributed by atoms with Crippen molar-refractivity contribution in [2.45, 2.75) is 38.7 Å². The molecule has 0 saturated carbocycles. The fourth-order valence-corrected chi connectivity index (χ4v) is 3.83. The fourth-order valence-electron chi connectivity index (χ4n) is 3.83. The second kappa shape index (κ2) is 10.8. The van der Waals surface area contributed by atoms with Crippen molar-refractivity contribution >= 4 is 12.1 Å². The molecule has 2 aromatic carbocycles. The van der Waals surface area contributed by atoms with Crippen LogP contribution in [-0.2, 0) is 12.8 Å². The molecule has 1 fully saturated rings. The second-order valence-electron chi connectivity index (χ2n) is 8.47. The normalized spacial score (nSPS) is 14.0. The lowest BCUT2D eigenvalue weighted by Crippen LogP contribution is -2.43. The van der Waals surface area contributed by atoms with Crippen LogP contribution in [0, 0.1) is 6.92 Å². The van der Waals surface area contributed by atoms with E-state index in [1.807, 2.05) is 37.4 Å². The number of carbonyl (C=O) groups excluding carboxylic acids is 1. The number of nitrogens with zero attached hydrogens (tertiary/aromatic N) is 2. The van der Waals surface area contributed by atoms with E-state index in [1.165, 1.54) is 12.1 Å². The van der Waals surface area contributed by atoms with Crippen LogP contribution in [0.1, 0.15) is 40.0 Å². The Morgan fingerprint density at radius 3 is 2.24 bits per heavy atom. The Bertz CT molecular complexity index is 1100. The van der Waals surface area contributed by atoms with Crippen LogP contribution in [0.25, 0.3) is 0 Å². The summed E-state index contributed by atoms with van der Waals surface area (Å²) in [7, 11) is 0. The van der Waals surface area contributed by atoms with Gasteiger partial charge in [-0.3, -0.25) is 4.98 Å². The molecule has 4 rings (SSSR count). The van der Waals surface area contributed by atoms with Gasteiger partial charge in [0.05, 0.1) is 5.56 Å². The molecule has 1 aromatic heterocycles. The Morgan fingerprint density at radius 2 is 1.62 bits per heavy atom. The van der Waals surface area contributed by atoms with Gasteiger partial charge in [-0.25, -0.2) is 9.59 Å². The van der Waals surface area contributed by atoms with Gasteiger partial charge < -0.3 is 19.5 Å². The highest BCUT2D eigenvalue weighted by molar-refractivity contribution is 5.87. The summed E-state index contributed by atoms with van der Waals surface area (Å²) in [5.74, 6) is 0.191. The molecule has 34 heavy (non-hydrogen) atoms. The molecule has 176 valence electrons. The largest absolute Gasteiger partial charge is 0.490 e. The van der Waals surface area contributed by atoms with Crippen LogP contribution in [-0.4, -0.2) is 46.2 Å². The van der Waals surface area contributed by atoms with E-state index in [0.29, 0.717) is 37.4 Å². The maximum absolute atomic E-state index is 12.6. The number of benzene rings is 2. The summed E-state index contributed by atoms with van der Waals surface area (Å²) in [4.78, 5) is 29.6. The van der Waals surface area contributed by atoms with E-state index in [-0.39, 0.29) is 17.8 Å². The van der Waals surface area contributed by atoms with Crippen LogP contribution in [0.4, 0.5) is 4.79 Å². The predicted molar refractivity (Wildman–Crippen MR) is 127 cm³/mol. The van der Waals surface area contributed by atoms with Crippen LogP contribution < -0.4 is 9.47 Å². The van der Waals surface area contributed by atoms with E-state index < -0.39 is 5.97 Å². The monoisotopic (exact) mass is 460 g/mol. The number of aryl methyl sites for hydroxylation is 3. The van der Waals surface area contributed by atoms with Crippen LogP contribution >= 0.6 is 0 Å². The van der Waals surface area contributed by atoms with Crippen molar-refractivity contribution in [3.63, 3.8) is 0 Å². The number of likely N-dealkylation sites (tertiary alicyclic amines) is 1. The van der Waals surface area contributed by atoms with E-state index in [2.05, 4.69) is 17.1 Å². The van der Waals surface area contributed by atoms with Crippen molar-refractivity contribution in [1.29, 1.82) is 0 Å². The zero-order valence-electron chi connectivity index (χ0n) is 19.1. The highest BCUT2D eigenvalue weighted by Crippen LogP contribution is 2.21. The van der Waals surface area contributed by atoms with Crippen LogP contribution in [0.15, 0.2) is 66.9 Å². The van der Waals surface area contributed by atoms with Gasteiger partial charge >= 0.3 is 12.1 Å². The number of aromatic carboxylic acids is 1. The average Bonchev–Trinajstić information content (AvgIpc) is 2.85. The summed E-state index contributed by atoms with van der Waals surface area (Å²) in [5.41, 5.74) is 3.60. The Balaban J connectivity index is 1.21. The number of carboxylic acid groups (broad SMARTS) is 1. The third kappa shape index (κ3) is 6.34. The Kier molecular flexibility index (Phi) is 7.42. The SMILES string of the molecule is Cc1ccc(CCc2ccc(OC(=O)N3CCC(Oc4ccc(C(=O)O)cc4)CC3)cc2)nc1. The molecule has 3 aromatic rings. The molecule has 2 heterocycles. The molecule has 0 radical (unpaired) electrons. The molecule has 1 aliphatic rings. The number of hydrogen-bond donors (Lipinski definition) is 1. The van der Waals surface area contributed by atoms with Gasteiger partial charge in [0.2, 0.25) is 0 Å². The highest BCUT2D eigenvalue weighted by atomic mass is 16.6. The van der Waals surface area contributed by atoms with Crippen molar-refractivity contribution in [1.82, 2.24) is 9.88 Å². The molecular formula is C27H28N2O5. The summed E-state index contributed by atoms with van der Waals surface area (Å²) in [6, 6.07) is 18.1. The molecule has 1 N–H and O–H groups in total. The third-order valence-corrected chi connectivity index (χ3v) is 5.88. The lowest BCUT2D eigenvalue weighted by molar-refractivity contribution is 0.0696. The number of aromatic nitrogens is 1. The van der Waals surface area contributed by atoms with Gasteiger partial charge in [-0.05, 0) is 73.4 Å². The number of amides is 1. The predicted octanol–water partition coefficient (Wildman–Crippen LogP) is 4.92. The van der Waals surface area contributed by atoms with E-state index in [1.54, 1.807) is 17.0 Å². The zero-order chi connectivity index (χ0) is 23.9. The fraction of sp³-hybridized carbons (Fsp3) is 0.296. The quantitative estimate of drug-likeness (QED) is 0.539. The lowest BCUT2D eigenvalue weighted by atomic mass is 10.1. The number of rotatable bonds is 7. The Morgan fingerprint density at radius 1 is 0.941 bits per heavy atom. The third-order valence-electron chi connectivity index (χ3n) is 5.88. The molecule has 0 unspecified atom stereocenters. The first-order chi connectivity index (χ1) is 16.5.